The molecule has 1 atom stereocenters. The fraction of sp³-hybridized carbons (Fsp3) is 0.647. The molecular formula is C17H25N3O3. The minimum Gasteiger partial charge on any atom is -0.455 e. The van der Waals surface area contributed by atoms with E-state index < -0.39 is 0 Å². The van der Waals surface area contributed by atoms with E-state index in [9.17, 15) is 9.59 Å². The predicted molar refractivity (Wildman–Crippen MR) is 85.9 cm³/mol. The molecule has 0 bridgehead atoms. The Labute approximate surface area is 136 Å². The molecule has 0 saturated carbocycles. The molecule has 2 saturated heterocycles. The number of carbonyl (C=O) groups excluding carboxylic acids is 2. The van der Waals surface area contributed by atoms with Gasteiger partial charge < -0.3 is 14.6 Å². The van der Waals surface area contributed by atoms with E-state index in [0.29, 0.717) is 18.7 Å². The summed E-state index contributed by atoms with van der Waals surface area (Å²) >= 11 is 0. The first-order valence-electron chi connectivity index (χ1n) is 8.37. The van der Waals surface area contributed by atoms with Crippen LogP contribution in [-0.4, -0.2) is 54.3 Å². The van der Waals surface area contributed by atoms with E-state index in [1.165, 1.54) is 12.8 Å². The van der Waals surface area contributed by atoms with Crippen molar-refractivity contribution in [1.82, 2.24) is 15.1 Å². The summed E-state index contributed by atoms with van der Waals surface area (Å²) in [5.41, 5.74) is 0. The van der Waals surface area contributed by atoms with E-state index in [2.05, 4.69) is 17.1 Å². The van der Waals surface area contributed by atoms with Gasteiger partial charge in [-0.1, -0.05) is 6.92 Å². The van der Waals surface area contributed by atoms with E-state index >= 15 is 0 Å². The lowest BCUT2D eigenvalue weighted by Crippen LogP contribution is -2.36. The Bertz CT molecular complexity index is 575. The number of nitrogens with one attached hydrogen (secondary N) is 1. The number of hydrogen-bond donors (Lipinski definition) is 1. The van der Waals surface area contributed by atoms with Gasteiger partial charge in [0.2, 0.25) is 5.91 Å². The lowest BCUT2D eigenvalue weighted by molar-refractivity contribution is -0.126. The van der Waals surface area contributed by atoms with Gasteiger partial charge in [-0.15, -0.1) is 0 Å². The molecule has 6 heteroatoms. The average Bonchev–Trinajstić information content (AvgIpc) is 3.09. The molecule has 126 valence electrons. The SMILES string of the molecule is CC1CCN(Cc2ccc(C(=O)N[C@H]3CC(=O)N(C)C3)o2)CC1. The van der Waals surface area contributed by atoms with Crippen molar-refractivity contribution in [2.75, 3.05) is 26.7 Å². The summed E-state index contributed by atoms with van der Waals surface area (Å²) in [6, 6.07) is 3.47. The number of amides is 2. The first-order chi connectivity index (χ1) is 11.0. The molecule has 23 heavy (non-hydrogen) atoms. The highest BCUT2D eigenvalue weighted by Gasteiger charge is 2.28. The molecule has 6 nitrogen and oxygen atoms in total. The van der Waals surface area contributed by atoms with Crippen LogP contribution < -0.4 is 5.32 Å². The van der Waals surface area contributed by atoms with Gasteiger partial charge in [-0.3, -0.25) is 14.5 Å². The second-order valence-electron chi connectivity index (χ2n) is 6.87. The molecule has 2 fully saturated rings. The highest BCUT2D eigenvalue weighted by Crippen LogP contribution is 2.19. The molecule has 3 heterocycles. The van der Waals surface area contributed by atoms with Gasteiger partial charge in [0.15, 0.2) is 5.76 Å². The Balaban J connectivity index is 1.52. The van der Waals surface area contributed by atoms with Gasteiger partial charge in [0, 0.05) is 20.0 Å². The molecule has 1 aromatic heterocycles. The average molecular weight is 319 g/mol. The highest BCUT2D eigenvalue weighted by molar-refractivity contribution is 5.92. The summed E-state index contributed by atoms with van der Waals surface area (Å²) in [7, 11) is 1.75. The number of piperidine rings is 1. The third-order valence-corrected chi connectivity index (χ3v) is 4.82. The van der Waals surface area contributed by atoms with Gasteiger partial charge >= 0.3 is 0 Å². The van der Waals surface area contributed by atoms with E-state index in [-0.39, 0.29) is 17.9 Å². The first kappa shape index (κ1) is 16.1. The smallest absolute Gasteiger partial charge is 0.287 e. The highest BCUT2D eigenvalue weighted by atomic mass is 16.4. The Morgan fingerprint density at radius 1 is 1.35 bits per heavy atom. The molecule has 2 amide bonds. The molecule has 2 aliphatic rings. The Hall–Kier alpha value is -1.82. The van der Waals surface area contributed by atoms with Crippen molar-refractivity contribution < 1.29 is 14.0 Å². The van der Waals surface area contributed by atoms with Gasteiger partial charge in [-0.2, -0.15) is 0 Å². The minimum atomic E-state index is -0.239. The van der Waals surface area contributed by atoms with Crippen LogP contribution in [0.15, 0.2) is 16.5 Å². The molecule has 1 aromatic rings. The van der Waals surface area contributed by atoms with Crippen LogP contribution in [0.25, 0.3) is 0 Å². The van der Waals surface area contributed by atoms with Crippen LogP contribution in [0.4, 0.5) is 0 Å². The second-order valence-corrected chi connectivity index (χ2v) is 6.87. The number of rotatable bonds is 4. The zero-order valence-corrected chi connectivity index (χ0v) is 13.9. The Morgan fingerprint density at radius 2 is 2.09 bits per heavy atom. The fourth-order valence-electron chi connectivity index (χ4n) is 3.24. The van der Waals surface area contributed by atoms with Crippen molar-refractivity contribution in [2.24, 2.45) is 5.92 Å². The monoisotopic (exact) mass is 319 g/mol. The van der Waals surface area contributed by atoms with Gasteiger partial charge in [0.05, 0.1) is 12.6 Å². The summed E-state index contributed by atoms with van der Waals surface area (Å²) < 4.78 is 5.69. The van der Waals surface area contributed by atoms with Crippen LogP contribution in [0.2, 0.25) is 0 Å². The summed E-state index contributed by atoms with van der Waals surface area (Å²) in [6.45, 7) is 5.77. The van der Waals surface area contributed by atoms with Crippen LogP contribution in [0.3, 0.4) is 0 Å². The molecule has 2 aliphatic heterocycles. The van der Waals surface area contributed by atoms with Crippen LogP contribution >= 0.6 is 0 Å². The van der Waals surface area contributed by atoms with Crippen LogP contribution in [0.1, 0.15) is 42.5 Å². The van der Waals surface area contributed by atoms with Crippen molar-refractivity contribution in [1.29, 1.82) is 0 Å². The maximum Gasteiger partial charge on any atom is 0.287 e. The number of likely N-dealkylation sites (tertiary alicyclic amines) is 2. The fourth-order valence-corrected chi connectivity index (χ4v) is 3.24. The number of carbonyl (C=O) groups is 2. The van der Waals surface area contributed by atoms with Crippen molar-refractivity contribution in [3.63, 3.8) is 0 Å². The molecule has 0 radical (unpaired) electrons. The molecule has 3 rings (SSSR count). The van der Waals surface area contributed by atoms with E-state index in [1.54, 1.807) is 18.0 Å². The summed E-state index contributed by atoms with van der Waals surface area (Å²) in [5, 5.41) is 2.87. The third kappa shape index (κ3) is 3.93. The lowest BCUT2D eigenvalue weighted by Gasteiger charge is -2.29. The quantitative estimate of drug-likeness (QED) is 0.913. The third-order valence-electron chi connectivity index (χ3n) is 4.82. The van der Waals surface area contributed by atoms with Crippen LogP contribution in [0, 0.1) is 5.92 Å². The molecule has 1 N–H and O–H groups in total. The van der Waals surface area contributed by atoms with Gasteiger partial charge in [0.1, 0.15) is 5.76 Å². The van der Waals surface area contributed by atoms with Crippen molar-refractivity contribution in [2.45, 2.75) is 38.8 Å². The van der Waals surface area contributed by atoms with Crippen LogP contribution in [-0.2, 0) is 11.3 Å². The Kier molecular flexibility index (Phi) is 4.71. The molecule has 0 aliphatic carbocycles. The molecule has 0 aromatic carbocycles. The van der Waals surface area contributed by atoms with Crippen LogP contribution in [0.5, 0.6) is 0 Å². The summed E-state index contributed by atoms with van der Waals surface area (Å²) in [6.07, 6.45) is 2.80. The van der Waals surface area contributed by atoms with Crippen molar-refractivity contribution in [3.8, 4) is 0 Å². The van der Waals surface area contributed by atoms with Gasteiger partial charge in [-0.25, -0.2) is 0 Å². The molecular weight excluding hydrogens is 294 g/mol. The topological polar surface area (TPSA) is 65.8 Å². The molecule has 0 unspecified atom stereocenters. The minimum absolute atomic E-state index is 0.0646. The van der Waals surface area contributed by atoms with E-state index in [0.717, 1.165) is 31.3 Å². The number of furan rings is 1. The second kappa shape index (κ2) is 6.74. The maximum atomic E-state index is 12.2. The maximum absolute atomic E-state index is 12.2. The molecule has 0 spiro atoms. The van der Waals surface area contributed by atoms with Crippen molar-refractivity contribution in [3.05, 3.63) is 23.7 Å². The zero-order valence-electron chi connectivity index (χ0n) is 13.9. The van der Waals surface area contributed by atoms with Gasteiger partial charge in [-0.05, 0) is 44.0 Å². The van der Waals surface area contributed by atoms with Crippen molar-refractivity contribution >= 4 is 11.8 Å². The number of hydrogen-bond acceptors (Lipinski definition) is 4. The largest absolute Gasteiger partial charge is 0.455 e. The summed E-state index contributed by atoms with van der Waals surface area (Å²) in [4.78, 5) is 27.7. The van der Waals surface area contributed by atoms with E-state index in [4.69, 9.17) is 4.42 Å². The number of likely N-dealkylation sites (N-methyl/N-ethyl adjacent to an activating group) is 1. The van der Waals surface area contributed by atoms with Gasteiger partial charge in [0.25, 0.3) is 5.91 Å². The predicted octanol–water partition coefficient (Wildman–Crippen LogP) is 1.47. The lowest BCUT2D eigenvalue weighted by atomic mass is 9.99. The first-order valence-corrected chi connectivity index (χ1v) is 8.37. The zero-order chi connectivity index (χ0) is 16.4. The standard InChI is InChI=1S/C17H25N3O3/c1-12-5-7-20(8-6-12)11-14-3-4-15(23-14)17(22)18-13-9-16(21)19(2)10-13/h3-4,12-13H,5-11H2,1-2H3,(H,18,22)/t13-/m0/s1. The normalized spacial score (nSPS) is 23.5. The Morgan fingerprint density at radius 3 is 2.74 bits per heavy atom. The van der Waals surface area contributed by atoms with E-state index in [1.807, 2.05) is 6.07 Å². The summed E-state index contributed by atoms with van der Waals surface area (Å²) in [5.74, 6) is 1.78. The number of nitrogens with zero attached hydrogens (tertiary/aromatic N) is 2.